The third-order valence-electron chi connectivity index (χ3n) is 3.72. The number of hydrogen-bond donors (Lipinski definition) is 1. The highest BCUT2D eigenvalue weighted by Gasteiger charge is 2.30. The summed E-state index contributed by atoms with van der Waals surface area (Å²) in [5.74, 6) is 0. The Balaban J connectivity index is 2.38. The fourth-order valence-electron chi connectivity index (χ4n) is 2.20. The molecule has 4 nitrogen and oxygen atoms in total. The second-order valence-electron chi connectivity index (χ2n) is 5.58. The van der Waals surface area contributed by atoms with Gasteiger partial charge < -0.3 is 10.5 Å². The molecule has 98 valence electrons. The topological polar surface area (TPSA) is 62.3 Å². The summed E-state index contributed by atoms with van der Waals surface area (Å²) in [5.41, 5.74) is 5.44. The average molecular weight is 239 g/mol. The Bertz CT molecular complexity index is 285. The van der Waals surface area contributed by atoms with Crippen LogP contribution in [0.25, 0.3) is 0 Å². The van der Waals surface area contributed by atoms with Crippen molar-refractivity contribution in [2.45, 2.75) is 51.1 Å². The molecule has 0 bridgehead atoms. The standard InChI is InChI=1S/C13H25N3O/c1-4-13(15,10-14)6-5-7-16-8-9-17-11-12(16,2)3/h4-9,11,15H2,1-3H3. The average Bonchev–Trinajstić information content (AvgIpc) is 2.31. The van der Waals surface area contributed by atoms with Crippen molar-refractivity contribution >= 4 is 0 Å². The molecular weight excluding hydrogens is 214 g/mol. The zero-order chi connectivity index (χ0) is 12.9. The zero-order valence-electron chi connectivity index (χ0n) is 11.3. The lowest BCUT2D eigenvalue weighted by molar-refractivity contribution is -0.0516. The number of nitrogens with zero attached hydrogens (tertiary/aromatic N) is 2. The third-order valence-corrected chi connectivity index (χ3v) is 3.72. The molecule has 0 saturated carbocycles. The Morgan fingerprint density at radius 3 is 2.76 bits per heavy atom. The van der Waals surface area contributed by atoms with Gasteiger partial charge in [0.1, 0.15) is 5.54 Å². The number of ether oxygens (including phenoxy) is 1. The van der Waals surface area contributed by atoms with Crippen molar-refractivity contribution in [2.24, 2.45) is 5.73 Å². The van der Waals surface area contributed by atoms with Crippen LogP contribution in [0.15, 0.2) is 0 Å². The highest BCUT2D eigenvalue weighted by molar-refractivity contribution is 5.03. The van der Waals surface area contributed by atoms with Gasteiger partial charge in [-0.1, -0.05) is 6.92 Å². The Kier molecular flexibility index (Phi) is 4.93. The second-order valence-corrected chi connectivity index (χ2v) is 5.58. The first-order valence-corrected chi connectivity index (χ1v) is 6.46. The van der Waals surface area contributed by atoms with Crippen molar-refractivity contribution in [3.8, 4) is 6.07 Å². The van der Waals surface area contributed by atoms with E-state index in [0.717, 1.165) is 45.6 Å². The van der Waals surface area contributed by atoms with Crippen LogP contribution in [-0.2, 0) is 4.74 Å². The van der Waals surface area contributed by atoms with Gasteiger partial charge in [0.15, 0.2) is 0 Å². The summed E-state index contributed by atoms with van der Waals surface area (Å²) >= 11 is 0. The molecule has 0 spiro atoms. The molecular formula is C13H25N3O. The smallest absolute Gasteiger partial charge is 0.104 e. The van der Waals surface area contributed by atoms with Crippen LogP contribution in [0.2, 0.25) is 0 Å². The van der Waals surface area contributed by atoms with Crippen LogP contribution >= 0.6 is 0 Å². The molecule has 0 aromatic rings. The van der Waals surface area contributed by atoms with E-state index in [1.807, 2.05) is 6.92 Å². The molecule has 1 atom stereocenters. The Labute approximate surface area is 105 Å². The van der Waals surface area contributed by atoms with Crippen molar-refractivity contribution in [3.05, 3.63) is 0 Å². The molecule has 0 amide bonds. The normalized spacial score (nSPS) is 23.9. The lowest BCUT2D eigenvalue weighted by Crippen LogP contribution is -2.53. The fraction of sp³-hybridized carbons (Fsp3) is 0.923. The molecule has 1 aliphatic rings. The summed E-state index contributed by atoms with van der Waals surface area (Å²) in [4.78, 5) is 2.43. The van der Waals surface area contributed by atoms with Gasteiger partial charge >= 0.3 is 0 Å². The first kappa shape index (κ1) is 14.4. The Morgan fingerprint density at radius 1 is 1.53 bits per heavy atom. The minimum Gasteiger partial charge on any atom is -0.378 e. The van der Waals surface area contributed by atoms with Crippen LogP contribution < -0.4 is 5.73 Å². The van der Waals surface area contributed by atoms with Gasteiger partial charge in [0.05, 0.1) is 19.3 Å². The van der Waals surface area contributed by atoms with Gasteiger partial charge in [0, 0.05) is 12.1 Å². The van der Waals surface area contributed by atoms with E-state index < -0.39 is 5.54 Å². The predicted molar refractivity (Wildman–Crippen MR) is 68.5 cm³/mol. The largest absolute Gasteiger partial charge is 0.378 e. The molecule has 0 aliphatic carbocycles. The van der Waals surface area contributed by atoms with E-state index in [1.165, 1.54) is 0 Å². The van der Waals surface area contributed by atoms with Crippen LogP contribution in [0.1, 0.15) is 40.0 Å². The lowest BCUT2D eigenvalue weighted by atomic mass is 9.92. The Morgan fingerprint density at radius 2 is 2.24 bits per heavy atom. The van der Waals surface area contributed by atoms with E-state index in [1.54, 1.807) is 0 Å². The predicted octanol–water partition coefficient (Wildman–Crippen LogP) is 1.51. The summed E-state index contributed by atoms with van der Waals surface area (Å²) in [6, 6.07) is 2.22. The quantitative estimate of drug-likeness (QED) is 0.790. The molecule has 1 fully saturated rings. The maximum absolute atomic E-state index is 9.02. The highest BCUT2D eigenvalue weighted by Crippen LogP contribution is 2.21. The van der Waals surface area contributed by atoms with Crippen LogP contribution in [0.4, 0.5) is 0 Å². The van der Waals surface area contributed by atoms with Gasteiger partial charge in [-0.15, -0.1) is 0 Å². The van der Waals surface area contributed by atoms with E-state index in [2.05, 4.69) is 24.8 Å². The molecule has 2 N–H and O–H groups in total. The molecule has 0 aromatic carbocycles. The van der Waals surface area contributed by atoms with Gasteiger partial charge in [-0.25, -0.2) is 0 Å². The van der Waals surface area contributed by atoms with Gasteiger partial charge in [-0.05, 0) is 39.7 Å². The lowest BCUT2D eigenvalue weighted by Gasteiger charge is -2.42. The van der Waals surface area contributed by atoms with Gasteiger partial charge in [-0.2, -0.15) is 5.26 Å². The monoisotopic (exact) mass is 239 g/mol. The molecule has 17 heavy (non-hydrogen) atoms. The number of nitriles is 1. The fourth-order valence-corrected chi connectivity index (χ4v) is 2.20. The van der Waals surface area contributed by atoms with Crippen molar-refractivity contribution in [1.29, 1.82) is 5.26 Å². The van der Waals surface area contributed by atoms with E-state index in [4.69, 9.17) is 15.7 Å². The zero-order valence-corrected chi connectivity index (χ0v) is 11.3. The van der Waals surface area contributed by atoms with E-state index in [0.29, 0.717) is 0 Å². The maximum Gasteiger partial charge on any atom is 0.104 e. The maximum atomic E-state index is 9.02. The summed E-state index contributed by atoms with van der Waals surface area (Å²) in [6.07, 6.45) is 2.46. The summed E-state index contributed by atoms with van der Waals surface area (Å²) in [5, 5.41) is 9.02. The van der Waals surface area contributed by atoms with Gasteiger partial charge in [-0.3, -0.25) is 4.90 Å². The first-order chi connectivity index (χ1) is 7.93. The van der Waals surface area contributed by atoms with Crippen molar-refractivity contribution in [3.63, 3.8) is 0 Å². The van der Waals surface area contributed by atoms with Crippen LogP contribution in [0.3, 0.4) is 0 Å². The van der Waals surface area contributed by atoms with Crippen molar-refractivity contribution < 1.29 is 4.74 Å². The van der Waals surface area contributed by atoms with Crippen LogP contribution in [0.5, 0.6) is 0 Å². The minimum atomic E-state index is -0.642. The van der Waals surface area contributed by atoms with Crippen LogP contribution in [0, 0.1) is 11.3 Å². The highest BCUT2D eigenvalue weighted by atomic mass is 16.5. The second kappa shape index (κ2) is 5.81. The molecule has 1 heterocycles. The number of morpholine rings is 1. The molecule has 0 aromatic heterocycles. The molecule has 1 rings (SSSR count). The number of nitrogens with two attached hydrogens (primary N) is 1. The summed E-state index contributed by atoms with van der Waals surface area (Å²) in [7, 11) is 0. The van der Waals surface area contributed by atoms with Crippen molar-refractivity contribution in [2.75, 3.05) is 26.3 Å². The first-order valence-electron chi connectivity index (χ1n) is 6.46. The molecule has 1 saturated heterocycles. The van der Waals surface area contributed by atoms with Crippen LogP contribution in [-0.4, -0.2) is 42.3 Å². The van der Waals surface area contributed by atoms with Gasteiger partial charge in [0.25, 0.3) is 0 Å². The molecule has 0 radical (unpaired) electrons. The Hall–Kier alpha value is -0.630. The minimum absolute atomic E-state index is 0.106. The van der Waals surface area contributed by atoms with E-state index in [9.17, 15) is 0 Å². The summed E-state index contributed by atoms with van der Waals surface area (Å²) in [6.45, 7) is 9.94. The number of hydrogen-bond acceptors (Lipinski definition) is 4. The van der Waals surface area contributed by atoms with E-state index >= 15 is 0 Å². The van der Waals surface area contributed by atoms with Gasteiger partial charge in [0.2, 0.25) is 0 Å². The summed E-state index contributed by atoms with van der Waals surface area (Å²) < 4.78 is 5.49. The van der Waals surface area contributed by atoms with Crippen molar-refractivity contribution in [1.82, 2.24) is 4.90 Å². The van der Waals surface area contributed by atoms with E-state index in [-0.39, 0.29) is 5.54 Å². The molecule has 1 unspecified atom stereocenters. The molecule has 1 aliphatic heterocycles. The number of rotatable bonds is 5. The molecule has 4 heteroatoms. The third kappa shape index (κ3) is 3.95. The SMILES string of the molecule is CCC(N)(C#N)CCCN1CCOCC1(C)C.